The number of alkyl halides is 12. The summed E-state index contributed by atoms with van der Waals surface area (Å²) >= 11 is 0. The molecule has 0 N–H and O–H groups in total. The van der Waals surface area contributed by atoms with E-state index >= 15 is 0 Å². The first-order valence-corrected chi connectivity index (χ1v) is 11.6. The number of benzene rings is 4. The summed E-state index contributed by atoms with van der Waals surface area (Å²) in [6.07, 6.45) is -20.8. The maximum Gasteiger partial charge on any atom is 0.416 e. The molecular formula is C28H12F12N2. The van der Waals surface area contributed by atoms with Crippen molar-refractivity contribution in [3.05, 3.63) is 106 Å². The monoisotopic (exact) mass is 604 g/mol. The lowest BCUT2D eigenvalue weighted by Crippen LogP contribution is -2.13. The highest BCUT2D eigenvalue weighted by atomic mass is 19.4. The molecule has 4 aromatic carbocycles. The third-order valence-electron chi connectivity index (χ3n) is 6.27. The van der Waals surface area contributed by atoms with Gasteiger partial charge in [0.1, 0.15) is 0 Å². The van der Waals surface area contributed by atoms with Crippen molar-refractivity contribution >= 4 is 33.6 Å². The molecule has 0 saturated carbocycles. The second-order valence-corrected chi connectivity index (χ2v) is 9.16. The predicted molar refractivity (Wildman–Crippen MR) is 129 cm³/mol. The molecule has 0 unspecified atom stereocenters. The molecule has 2 nitrogen and oxygen atoms in total. The first kappa shape index (κ1) is 29.1. The Labute approximate surface area is 227 Å². The number of nitrogens with zero attached hydrogens (tertiary/aromatic N) is 2. The van der Waals surface area contributed by atoms with Crippen LogP contribution in [-0.4, -0.2) is 11.4 Å². The average molecular weight is 604 g/mol. The zero-order valence-electron chi connectivity index (χ0n) is 20.4. The Hall–Kier alpha value is -4.36. The Morgan fingerprint density at radius 2 is 0.714 bits per heavy atom. The van der Waals surface area contributed by atoms with Gasteiger partial charge in [-0.2, -0.15) is 52.7 Å². The van der Waals surface area contributed by atoms with E-state index in [0.717, 1.165) is 0 Å². The van der Waals surface area contributed by atoms with Crippen molar-refractivity contribution in [3.63, 3.8) is 0 Å². The fraction of sp³-hybridized carbons (Fsp3) is 0.143. The molecule has 0 aliphatic heterocycles. The maximum absolute atomic E-state index is 13.5. The largest absolute Gasteiger partial charge is 0.416 e. The first-order chi connectivity index (χ1) is 19.3. The normalized spacial score (nSPS) is 16.2. The summed E-state index contributed by atoms with van der Waals surface area (Å²) in [6, 6.07) is 10.1. The summed E-state index contributed by atoms with van der Waals surface area (Å²) in [7, 11) is 0. The van der Waals surface area contributed by atoms with E-state index in [1.807, 2.05) is 0 Å². The molecule has 0 radical (unpaired) electrons. The number of rotatable bonds is 2. The van der Waals surface area contributed by atoms with Crippen LogP contribution in [0.5, 0.6) is 0 Å². The van der Waals surface area contributed by atoms with Gasteiger partial charge in [-0.3, -0.25) is 0 Å². The summed E-state index contributed by atoms with van der Waals surface area (Å²) in [4.78, 5) is 8.02. The first-order valence-electron chi connectivity index (χ1n) is 11.6. The number of hydrogen-bond donors (Lipinski definition) is 0. The summed E-state index contributed by atoms with van der Waals surface area (Å²) in [5, 5.41) is 0.853. The Kier molecular flexibility index (Phi) is 6.66. The van der Waals surface area contributed by atoms with Gasteiger partial charge in [0.25, 0.3) is 0 Å². The van der Waals surface area contributed by atoms with Crippen LogP contribution >= 0.6 is 0 Å². The number of hydrogen-bond acceptors (Lipinski definition) is 2. The fourth-order valence-corrected chi connectivity index (χ4v) is 4.48. The van der Waals surface area contributed by atoms with Crippen LogP contribution < -0.4 is 0 Å². The Morgan fingerprint density at radius 3 is 1.00 bits per heavy atom. The lowest BCUT2D eigenvalue weighted by Gasteiger charge is -2.14. The maximum atomic E-state index is 13.5. The van der Waals surface area contributed by atoms with E-state index in [-0.39, 0.29) is 34.7 Å². The van der Waals surface area contributed by atoms with Crippen LogP contribution in [0.15, 0.2) is 82.8 Å². The highest BCUT2D eigenvalue weighted by Gasteiger charge is 2.39. The quantitative estimate of drug-likeness (QED) is 0.204. The molecule has 0 spiro atoms. The second kappa shape index (κ2) is 9.60. The van der Waals surface area contributed by atoms with Crippen molar-refractivity contribution in [2.24, 2.45) is 9.98 Å². The summed E-state index contributed by atoms with van der Waals surface area (Å²) in [5.41, 5.74) is -8.71. The van der Waals surface area contributed by atoms with Crippen LogP contribution in [0.2, 0.25) is 0 Å². The van der Waals surface area contributed by atoms with E-state index in [1.54, 1.807) is 12.1 Å². The van der Waals surface area contributed by atoms with Gasteiger partial charge in [-0.05, 0) is 41.8 Å². The molecule has 14 heteroatoms. The van der Waals surface area contributed by atoms with Gasteiger partial charge >= 0.3 is 24.7 Å². The van der Waals surface area contributed by atoms with Crippen LogP contribution in [0.25, 0.3) is 10.8 Å². The standard InChI is InChI=1S/C28H12F12N2/c29-25(30,31)14-7-15(26(32,33)34)10-18(9-14)41-23-20-5-1-3-13-4-2-6-21(22(13)20)24(23)42-19-11-16(27(35,36)37)8-17(12-19)28(38,39)40/h1-12H. The second-order valence-electron chi connectivity index (χ2n) is 9.16. The Morgan fingerprint density at radius 1 is 0.405 bits per heavy atom. The molecule has 0 aromatic heterocycles. The van der Waals surface area contributed by atoms with E-state index in [9.17, 15) is 52.7 Å². The van der Waals surface area contributed by atoms with E-state index in [4.69, 9.17) is 0 Å². The van der Waals surface area contributed by atoms with Gasteiger partial charge in [0.05, 0.1) is 45.1 Å². The number of halogens is 12. The SMILES string of the molecule is FC(F)(F)c1cc(N=C2C(=Nc3cc(C(F)(F)F)cc(C(F)(F)F)c3)c3cccc4cccc2c34)cc(C(F)(F)F)c1. The van der Waals surface area contributed by atoms with E-state index < -0.39 is 58.3 Å². The van der Waals surface area contributed by atoms with Crippen molar-refractivity contribution in [1.82, 2.24) is 0 Å². The van der Waals surface area contributed by atoms with Crippen molar-refractivity contribution in [3.8, 4) is 0 Å². The minimum atomic E-state index is -5.20. The Balaban J connectivity index is 1.81. The van der Waals surface area contributed by atoms with Crippen molar-refractivity contribution < 1.29 is 52.7 Å². The van der Waals surface area contributed by atoms with Crippen LogP contribution in [0.1, 0.15) is 33.4 Å². The van der Waals surface area contributed by atoms with Crippen LogP contribution in [-0.2, 0) is 24.7 Å². The zero-order chi connectivity index (χ0) is 30.8. The summed E-state index contributed by atoms with van der Waals surface area (Å²) < 4.78 is 161. The van der Waals surface area contributed by atoms with Gasteiger partial charge < -0.3 is 0 Å². The molecule has 4 aromatic rings. The third kappa shape index (κ3) is 5.57. The molecule has 42 heavy (non-hydrogen) atoms. The molecule has 0 amide bonds. The molecule has 1 aliphatic rings. The van der Waals surface area contributed by atoms with Crippen molar-refractivity contribution in [2.75, 3.05) is 0 Å². The van der Waals surface area contributed by atoms with Crippen molar-refractivity contribution in [1.29, 1.82) is 0 Å². The molecule has 0 atom stereocenters. The van der Waals surface area contributed by atoms with Crippen LogP contribution in [0, 0.1) is 0 Å². The molecule has 5 rings (SSSR count). The molecule has 218 valence electrons. The van der Waals surface area contributed by atoms with Gasteiger partial charge in [0.15, 0.2) is 0 Å². The highest BCUT2D eigenvalue weighted by Crippen LogP contribution is 2.42. The van der Waals surface area contributed by atoms with Crippen LogP contribution in [0.3, 0.4) is 0 Å². The minimum absolute atomic E-state index is 0.107. The topological polar surface area (TPSA) is 24.7 Å². The zero-order valence-corrected chi connectivity index (χ0v) is 20.4. The lowest BCUT2D eigenvalue weighted by molar-refractivity contribution is -0.144. The highest BCUT2D eigenvalue weighted by molar-refractivity contribution is 6.61. The van der Waals surface area contributed by atoms with E-state index in [2.05, 4.69) is 9.98 Å². The van der Waals surface area contributed by atoms with Gasteiger partial charge in [-0.15, -0.1) is 0 Å². The smallest absolute Gasteiger partial charge is 0.246 e. The lowest BCUT2D eigenvalue weighted by atomic mass is 10.1. The Bertz CT molecular complexity index is 1580. The van der Waals surface area contributed by atoms with Gasteiger partial charge in [-0.25, -0.2) is 9.98 Å². The van der Waals surface area contributed by atoms with E-state index in [0.29, 0.717) is 35.0 Å². The number of aliphatic imine (C=N–C) groups is 2. The summed E-state index contributed by atoms with van der Waals surface area (Å²) in [6.45, 7) is 0. The van der Waals surface area contributed by atoms with Crippen LogP contribution in [0.4, 0.5) is 64.1 Å². The molecule has 0 saturated heterocycles. The van der Waals surface area contributed by atoms with E-state index in [1.165, 1.54) is 24.3 Å². The molecule has 0 fully saturated rings. The summed E-state index contributed by atoms with van der Waals surface area (Å²) in [5.74, 6) is 0. The molecule has 0 heterocycles. The molecule has 1 aliphatic carbocycles. The predicted octanol–water partition coefficient (Wildman–Crippen LogP) is 10.2. The molecular weight excluding hydrogens is 592 g/mol. The van der Waals surface area contributed by atoms with Gasteiger partial charge in [-0.1, -0.05) is 36.4 Å². The molecule has 0 bridgehead atoms. The minimum Gasteiger partial charge on any atom is -0.246 e. The average Bonchev–Trinajstić information content (AvgIpc) is 3.15. The third-order valence-corrected chi connectivity index (χ3v) is 6.27. The van der Waals surface area contributed by atoms with Crippen molar-refractivity contribution in [2.45, 2.75) is 24.7 Å². The fourth-order valence-electron chi connectivity index (χ4n) is 4.48. The van der Waals surface area contributed by atoms with Gasteiger partial charge in [0.2, 0.25) is 0 Å². The van der Waals surface area contributed by atoms with Gasteiger partial charge in [0, 0.05) is 16.5 Å².